The van der Waals surface area contributed by atoms with E-state index in [1.165, 1.54) is 12.8 Å². The lowest BCUT2D eigenvalue weighted by Gasteiger charge is -2.06. The quantitative estimate of drug-likeness (QED) is 0.440. The van der Waals surface area contributed by atoms with Crippen LogP contribution in [-0.2, 0) is 0 Å². The van der Waals surface area contributed by atoms with Crippen LogP contribution >= 0.6 is 0 Å². The Balaban J connectivity index is 2.88. The molecule has 1 heteroatoms. The maximum atomic E-state index is 3.18. The summed E-state index contributed by atoms with van der Waals surface area (Å²) in [7, 11) is 0. The van der Waals surface area contributed by atoms with Crippen molar-refractivity contribution in [1.29, 1.82) is 0 Å². The van der Waals surface area contributed by atoms with Gasteiger partial charge in [0.1, 0.15) is 0 Å². The fourth-order valence-electron chi connectivity index (χ4n) is 0.473. The summed E-state index contributed by atoms with van der Waals surface area (Å²) in [4.78, 5) is 0. The van der Waals surface area contributed by atoms with Gasteiger partial charge in [-0.1, -0.05) is 27.2 Å². The molecule has 0 aromatic rings. The maximum Gasteiger partial charge on any atom is 0.0617 e. The van der Waals surface area contributed by atoms with Gasteiger partial charge in [0.05, 0.1) is 6.54 Å². The third-order valence-corrected chi connectivity index (χ3v) is 1.34. The monoisotopic (exact) mass is 127 g/mol. The van der Waals surface area contributed by atoms with Gasteiger partial charge in [0.2, 0.25) is 0 Å². The molecule has 1 atom stereocenters. The molecule has 0 aromatic heterocycles. The summed E-state index contributed by atoms with van der Waals surface area (Å²) in [5, 5.41) is 3.14. The van der Waals surface area contributed by atoms with Crippen molar-refractivity contribution in [1.82, 2.24) is 5.32 Å². The molecule has 0 aliphatic heterocycles. The minimum Gasteiger partial charge on any atom is -0.308 e. The third-order valence-electron chi connectivity index (χ3n) is 1.34. The fraction of sp³-hybridized carbons (Fsp3) is 0.875. The van der Waals surface area contributed by atoms with Crippen LogP contribution < -0.4 is 5.32 Å². The van der Waals surface area contributed by atoms with Crippen LogP contribution in [0.2, 0.25) is 0 Å². The summed E-state index contributed by atoms with van der Waals surface area (Å²) in [5.41, 5.74) is 0. The second-order valence-corrected chi connectivity index (χ2v) is 2.38. The van der Waals surface area contributed by atoms with Crippen LogP contribution in [0.15, 0.2) is 0 Å². The van der Waals surface area contributed by atoms with Crippen molar-refractivity contribution >= 4 is 0 Å². The second-order valence-electron chi connectivity index (χ2n) is 2.38. The lowest BCUT2D eigenvalue weighted by Crippen LogP contribution is -2.15. The summed E-state index contributed by atoms with van der Waals surface area (Å²) in [5.74, 6) is 0.594. The van der Waals surface area contributed by atoms with Gasteiger partial charge in [0.25, 0.3) is 0 Å². The molecule has 0 rings (SSSR count). The maximum absolute atomic E-state index is 3.18. The highest BCUT2D eigenvalue weighted by Crippen LogP contribution is 2.00. The molecular weight excluding hydrogens is 110 g/mol. The molecule has 0 aromatic carbocycles. The van der Waals surface area contributed by atoms with E-state index in [9.17, 15) is 0 Å². The van der Waals surface area contributed by atoms with E-state index in [0.29, 0.717) is 5.92 Å². The predicted molar refractivity (Wildman–Crippen MR) is 41.0 cm³/mol. The summed E-state index contributed by atoms with van der Waals surface area (Å²) < 4.78 is 0. The molecule has 54 valence electrons. The topological polar surface area (TPSA) is 12.0 Å². The van der Waals surface area contributed by atoms with Crippen molar-refractivity contribution in [2.24, 2.45) is 5.92 Å². The van der Waals surface area contributed by atoms with Crippen LogP contribution in [0, 0.1) is 12.5 Å². The van der Waals surface area contributed by atoms with Crippen LogP contribution in [0.4, 0.5) is 0 Å². The first kappa shape index (κ1) is 8.96. The minimum absolute atomic E-state index is 0.594. The van der Waals surface area contributed by atoms with E-state index < -0.39 is 0 Å². The van der Waals surface area contributed by atoms with E-state index in [0.717, 1.165) is 6.54 Å². The molecule has 0 amide bonds. The van der Waals surface area contributed by atoms with Gasteiger partial charge in [0.15, 0.2) is 0 Å². The van der Waals surface area contributed by atoms with Crippen molar-refractivity contribution in [3.8, 4) is 0 Å². The van der Waals surface area contributed by atoms with Crippen LogP contribution in [0.1, 0.15) is 33.6 Å². The fourth-order valence-corrected chi connectivity index (χ4v) is 0.473. The first-order valence-corrected chi connectivity index (χ1v) is 3.79. The lowest BCUT2D eigenvalue weighted by atomic mass is 10.1. The van der Waals surface area contributed by atoms with E-state index in [4.69, 9.17) is 0 Å². The van der Waals surface area contributed by atoms with Gasteiger partial charge in [-0.2, -0.15) is 0 Å². The van der Waals surface area contributed by atoms with Gasteiger partial charge in [-0.05, 0) is 18.9 Å². The van der Waals surface area contributed by atoms with E-state index in [-0.39, 0.29) is 0 Å². The summed E-state index contributed by atoms with van der Waals surface area (Å²) >= 11 is 0. The SMILES string of the molecule is CCCN[C]C(C)CC. The molecule has 0 aliphatic rings. The zero-order valence-electron chi connectivity index (χ0n) is 6.70. The molecule has 1 N–H and O–H groups in total. The first-order valence-electron chi connectivity index (χ1n) is 3.79. The van der Waals surface area contributed by atoms with Gasteiger partial charge in [-0.15, -0.1) is 0 Å². The molecule has 0 saturated carbocycles. The van der Waals surface area contributed by atoms with Crippen molar-refractivity contribution in [2.75, 3.05) is 6.54 Å². The Labute approximate surface area is 58.8 Å². The summed E-state index contributed by atoms with van der Waals surface area (Å²) in [6, 6.07) is 0. The van der Waals surface area contributed by atoms with Crippen molar-refractivity contribution in [2.45, 2.75) is 33.6 Å². The number of hydrogen-bond donors (Lipinski definition) is 1. The molecule has 1 nitrogen and oxygen atoms in total. The van der Waals surface area contributed by atoms with Gasteiger partial charge in [-0.25, -0.2) is 0 Å². The van der Waals surface area contributed by atoms with Crippen LogP contribution in [0.5, 0.6) is 0 Å². The third kappa shape index (κ3) is 5.84. The first-order chi connectivity index (χ1) is 4.31. The smallest absolute Gasteiger partial charge is 0.0617 e. The highest BCUT2D eigenvalue weighted by atomic mass is 14.8. The Morgan fingerprint density at radius 3 is 2.56 bits per heavy atom. The normalized spacial score (nSPS) is 13.7. The zero-order chi connectivity index (χ0) is 7.11. The van der Waals surface area contributed by atoms with Crippen molar-refractivity contribution in [3.05, 3.63) is 6.54 Å². The molecule has 0 fully saturated rings. The van der Waals surface area contributed by atoms with Gasteiger partial charge in [-0.3, -0.25) is 0 Å². The molecule has 0 saturated heterocycles. The Hall–Kier alpha value is -0.0400. The van der Waals surface area contributed by atoms with E-state index in [1.54, 1.807) is 0 Å². The van der Waals surface area contributed by atoms with Crippen molar-refractivity contribution < 1.29 is 0 Å². The van der Waals surface area contributed by atoms with E-state index >= 15 is 0 Å². The Morgan fingerprint density at radius 1 is 1.44 bits per heavy atom. The lowest BCUT2D eigenvalue weighted by molar-refractivity contribution is 0.575. The molecular formula is C8H17N. The van der Waals surface area contributed by atoms with Crippen molar-refractivity contribution in [3.63, 3.8) is 0 Å². The van der Waals surface area contributed by atoms with E-state index in [1.807, 2.05) is 0 Å². The molecule has 0 bridgehead atoms. The zero-order valence-corrected chi connectivity index (χ0v) is 6.70. The Kier molecular flexibility index (Phi) is 6.06. The van der Waals surface area contributed by atoms with Gasteiger partial charge < -0.3 is 5.32 Å². The standard InChI is InChI=1S/C8H17N/c1-4-6-9-7-8(3)5-2/h8-9H,4-6H2,1-3H3. The van der Waals surface area contributed by atoms with Crippen LogP contribution in [0.25, 0.3) is 0 Å². The molecule has 2 radical (unpaired) electrons. The summed E-state index contributed by atoms with van der Waals surface area (Å²) in [6.07, 6.45) is 2.36. The second kappa shape index (κ2) is 6.09. The molecule has 0 aliphatic carbocycles. The highest BCUT2D eigenvalue weighted by molar-refractivity contribution is 4.67. The molecule has 1 unspecified atom stereocenters. The molecule has 9 heavy (non-hydrogen) atoms. The van der Waals surface area contributed by atoms with E-state index in [2.05, 4.69) is 32.6 Å². The Bertz CT molecular complexity index is 52.5. The number of nitrogens with one attached hydrogen (secondary N) is 1. The highest BCUT2D eigenvalue weighted by Gasteiger charge is 1.96. The molecule has 0 heterocycles. The predicted octanol–water partition coefficient (Wildman–Crippen LogP) is 2.07. The van der Waals surface area contributed by atoms with Gasteiger partial charge in [0, 0.05) is 0 Å². The average molecular weight is 127 g/mol. The molecule has 0 spiro atoms. The van der Waals surface area contributed by atoms with Gasteiger partial charge >= 0.3 is 0 Å². The average Bonchev–Trinajstić information content (AvgIpc) is 1.89. The number of rotatable bonds is 5. The summed E-state index contributed by atoms with van der Waals surface area (Å²) in [6.45, 7) is 10.7. The number of hydrogen-bond acceptors (Lipinski definition) is 1. The Morgan fingerprint density at radius 2 is 2.11 bits per heavy atom. The van der Waals surface area contributed by atoms with Crippen LogP contribution in [-0.4, -0.2) is 6.54 Å². The minimum atomic E-state index is 0.594. The van der Waals surface area contributed by atoms with Crippen LogP contribution in [0.3, 0.4) is 0 Å². The largest absolute Gasteiger partial charge is 0.308 e.